The Balaban J connectivity index is 2.18. The van der Waals surface area contributed by atoms with Crippen molar-refractivity contribution in [2.24, 2.45) is 4.99 Å². The largest absolute Gasteiger partial charge is 0.350 e. The van der Waals surface area contributed by atoms with Crippen LogP contribution in [0.4, 0.5) is 0 Å². The van der Waals surface area contributed by atoms with Crippen molar-refractivity contribution in [3.8, 4) is 0 Å². The summed E-state index contributed by atoms with van der Waals surface area (Å²) in [7, 11) is 0. The Morgan fingerprint density at radius 3 is 2.92 bits per heavy atom. The molecule has 2 unspecified atom stereocenters. The Kier molecular flexibility index (Phi) is 2.47. The van der Waals surface area contributed by atoms with Gasteiger partial charge in [-0.2, -0.15) is 0 Å². The third kappa shape index (κ3) is 1.67. The molecule has 0 amide bonds. The minimum Gasteiger partial charge on any atom is -0.350 e. The summed E-state index contributed by atoms with van der Waals surface area (Å²) in [5.41, 5.74) is 1.15. The lowest BCUT2D eigenvalue weighted by atomic mass is 10.3. The second kappa shape index (κ2) is 3.46. The van der Waals surface area contributed by atoms with Crippen molar-refractivity contribution in [2.45, 2.75) is 24.7 Å². The van der Waals surface area contributed by atoms with E-state index in [1.165, 1.54) is 4.91 Å². The predicted octanol–water partition coefficient (Wildman–Crippen LogP) is 1.55. The van der Waals surface area contributed by atoms with Gasteiger partial charge in [-0.15, -0.1) is 11.8 Å². The molecule has 0 bridgehead atoms. The lowest BCUT2D eigenvalue weighted by molar-refractivity contribution is 0.599. The van der Waals surface area contributed by atoms with E-state index in [1.54, 1.807) is 0 Å². The van der Waals surface area contributed by atoms with E-state index in [0.717, 1.165) is 11.5 Å². The number of allylic oxidation sites excluding steroid dienone is 1. The SMILES string of the molecule is CSC1NC2=C(S1)C(C)=NC(C)N2. The van der Waals surface area contributed by atoms with Gasteiger partial charge in [0.15, 0.2) is 0 Å². The zero-order valence-electron chi connectivity index (χ0n) is 7.92. The second-order valence-corrected chi connectivity index (χ2v) is 5.43. The second-order valence-electron chi connectivity index (χ2n) is 3.07. The molecule has 0 aromatic carbocycles. The summed E-state index contributed by atoms with van der Waals surface area (Å²) in [5.74, 6) is 1.16. The van der Waals surface area contributed by atoms with Crippen LogP contribution in [0.1, 0.15) is 13.8 Å². The summed E-state index contributed by atoms with van der Waals surface area (Å²) < 4.78 is 0.438. The van der Waals surface area contributed by atoms with Crippen LogP contribution in [-0.2, 0) is 0 Å². The van der Waals surface area contributed by atoms with Crippen LogP contribution < -0.4 is 10.6 Å². The molecule has 2 atom stereocenters. The molecule has 0 aliphatic carbocycles. The molecule has 2 N–H and O–H groups in total. The van der Waals surface area contributed by atoms with Gasteiger partial charge in [0.05, 0.1) is 10.6 Å². The van der Waals surface area contributed by atoms with Gasteiger partial charge in [-0.1, -0.05) is 11.8 Å². The Morgan fingerprint density at radius 2 is 2.23 bits per heavy atom. The maximum absolute atomic E-state index is 4.47. The van der Waals surface area contributed by atoms with E-state index >= 15 is 0 Å². The molecule has 0 saturated heterocycles. The summed E-state index contributed by atoms with van der Waals surface area (Å²) in [5, 5.41) is 6.74. The fourth-order valence-electron chi connectivity index (χ4n) is 1.45. The van der Waals surface area contributed by atoms with Gasteiger partial charge in [0.2, 0.25) is 0 Å². The molecule has 0 aromatic rings. The highest BCUT2D eigenvalue weighted by Crippen LogP contribution is 2.36. The molecule has 2 aliphatic heterocycles. The molecule has 0 saturated carbocycles. The van der Waals surface area contributed by atoms with Crippen LogP contribution in [0.25, 0.3) is 0 Å². The van der Waals surface area contributed by atoms with Crippen molar-refractivity contribution in [3.63, 3.8) is 0 Å². The molecule has 13 heavy (non-hydrogen) atoms. The highest BCUT2D eigenvalue weighted by Gasteiger charge is 2.28. The van der Waals surface area contributed by atoms with Crippen LogP contribution in [-0.4, -0.2) is 22.8 Å². The van der Waals surface area contributed by atoms with Gasteiger partial charge in [0, 0.05) is 0 Å². The number of hydrogen-bond acceptors (Lipinski definition) is 5. The van der Waals surface area contributed by atoms with E-state index in [-0.39, 0.29) is 6.17 Å². The molecular weight excluding hydrogens is 202 g/mol. The summed E-state index contributed by atoms with van der Waals surface area (Å²) in [6, 6.07) is 0. The number of nitrogens with zero attached hydrogens (tertiary/aromatic N) is 1. The summed E-state index contributed by atoms with van der Waals surface area (Å²) in [6.45, 7) is 4.14. The van der Waals surface area contributed by atoms with Crippen LogP contribution in [0.3, 0.4) is 0 Å². The first-order chi connectivity index (χ1) is 6.20. The van der Waals surface area contributed by atoms with Crippen molar-refractivity contribution in [1.82, 2.24) is 10.6 Å². The average Bonchev–Trinajstić information content (AvgIpc) is 2.47. The molecule has 72 valence electrons. The number of aliphatic imine (C=N–C) groups is 1. The summed E-state index contributed by atoms with van der Waals surface area (Å²) >= 11 is 3.66. The van der Waals surface area contributed by atoms with Gasteiger partial charge < -0.3 is 10.6 Å². The third-order valence-electron chi connectivity index (χ3n) is 2.00. The van der Waals surface area contributed by atoms with E-state index in [0.29, 0.717) is 4.71 Å². The van der Waals surface area contributed by atoms with Crippen LogP contribution in [0, 0.1) is 0 Å². The Hall–Kier alpha value is -0.290. The minimum atomic E-state index is 0.201. The average molecular weight is 215 g/mol. The van der Waals surface area contributed by atoms with Gasteiger partial charge in [-0.05, 0) is 20.1 Å². The molecule has 3 nitrogen and oxygen atoms in total. The monoisotopic (exact) mass is 215 g/mol. The Morgan fingerprint density at radius 1 is 1.46 bits per heavy atom. The van der Waals surface area contributed by atoms with Crippen LogP contribution >= 0.6 is 23.5 Å². The standard InChI is InChI=1S/C8H13N3S2/c1-4-6-7(10-5(2)9-4)11-8(12-3)13-6/h5,8,10-11H,1-3H3. The first kappa shape index (κ1) is 9.27. The maximum atomic E-state index is 4.47. The summed E-state index contributed by atoms with van der Waals surface area (Å²) in [6.07, 6.45) is 2.31. The molecular formula is C8H13N3S2. The van der Waals surface area contributed by atoms with Crippen molar-refractivity contribution in [3.05, 3.63) is 10.7 Å². The van der Waals surface area contributed by atoms with Gasteiger partial charge in [0.1, 0.15) is 16.7 Å². The van der Waals surface area contributed by atoms with E-state index in [2.05, 4.69) is 35.7 Å². The van der Waals surface area contributed by atoms with Crippen molar-refractivity contribution in [1.29, 1.82) is 0 Å². The van der Waals surface area contributed by atoms with Gasteiger partial charge in [-0.3, -0.25) is 4.99 Å². The fourth-order valence-corrected chi connectivity index (χ4v) is 3.21. The molecule has 0 fully saturated rings. The lowest BCUT2D eigenvalue weighted by Gasteiger charge is -2.19. The predicted molar refractivity (Wildman–Crippen MR) is 60.8 cm³/mol. The normalized spacial score (nSPS) is 32.1. The first-order valence-electron chi connectivity index (χ1n) is 4.22. The molecule has 2 rings (SSSR count). The molecule has 0 spiro atoms. The topological polar surface area (TPSA) is 36.4 Å². The molecule has 0 radical (unpaired) electrons. The minimum absolute atomic E-state index is 0.201. The lowest BCUT2D eigenvalue weighted by Crippen LogP contribution is -2.35. The van der Waals surface area contributed by atoms with E-state index in [4.69, 9.17) is 0 Å². The fraction of sp³-hybridized carbons (Fsp3) is 0.625. The van der Waals surface area contributed by atoms with Crippen molar-refractivity contribution in [2.75, 3.05) is 6.26 Å². The molecule has 0 aromatic heterocycles. The van der Waals surface area contributed by atoms with E-state index < -0.39 is 0 Å². The Bertz CT molecular complexity index is 285. The van der Waals surface area contributed by atoms with E-state index in [9.17, 15) is 0 Å². The number of hydrogen-bond donors (Lipinski definition) is 2. The van der Waals surface area contributed by atoms with Crippen molar-refractivity contribution < 1.29 is 0 Å². The van der Waals surface area contributed by atoms with Crippen LogP contribution in [0.15, 0.2) is 15.7 Å². The highest BCUT2D eigenvalue weighted by molar-refractivity contribution is 8.19. The molecule has 2 aliphatic rings. The number of rotatable bonds is 1. The maximum Gasteiger partial charge on any atom is 0.125 e. The van der Waals surface area contributed by atoms with Gasteiger partial charge in [-0.25, -0.2) is 0 Å². The van der Waals surface area contributed by atoms with Crippen LogP contribution in [0.5, 0.6) is 0 Å². The quantitative estimate of drug-likeness (QED) is 0.696. The third-order valence-corrected chi connectivity index (χ3v) is 4.48. The molecule has 2 heterocycles. The summed E-state index contributed by atoms with van der Waals surface area (Å²) in [4.78, 5) is 5.75. The molecule has 5 heteroatoms. The zero-order chi connectivity index (χ0) is 9.42. The highest BCUT2D eigenvalue weighted by atomic mass is 32.2. The smallest absolute Gasteiger partial charge is 0.125 e. The zero-order valence-corrected chi connectivity index (χ0v) is 9.55. The first-order valence-corrected chi connectivity index (χ1v) is 6.39. The van der Waals surface area contributed by atoms with Crippen LogP contribution in [0.2, 0.25) is 0 Å². The van der Waals surface area contributed by atoms with E-state index in [1.807, 2.05) is 23.5 Å². The Labute approximate surface area is 86.8 Å². The van der Waals surface area contributed by atoms with Crippen molar-refractivity contribution >= 4 is 29.2 Å². The number of nitrogens with one attached hydrogen (secondary N) is 2. The van der Waals surface area contributed by atoms with Gasteiger partial charge >= 0.3 is 0 Å². The van der Waals surface area contributed by atoms with Gasteiger partial charge in [0.25, 0.3) is 0 Å². The number of thioether (sulfide) groups is 2.